The van der Waals surface area contributed by atoms with E-state index in [4.69, 9.17) is 24.8 Å². The van der Waals surface area contributed by atoms with Crippen LogP contribution >= 0.6 is 12.2 Å². The molecule has 0 heterocycles. The quantitative estimate of drug-likeness (QED) is 0.298. The Morgan fingerprint density at radius 2 is 1.18 bits per heavy atom. The molecule has 2 aromatic rings. The fourth-order valence-corrected chi connectivity index (χ4v) is 2.87. The van der Waals surface area contributed by atoms with Gasteiger partial charge in [-0.2, -0.15) is 0 Å². The first-order chi connectivity index (χ1) is 15.8. The van der Waals surface area contributed by atoms with Gasteiger partial charge in [-0.1, -0.05) is 38.1 Å². The standard InChI is InChI=1S/C21H28O4.C4H6O4S/c1-15(22)13-24-19-9-5-17(6-10-19)21(3,4)18-7-11-20(12-8-18)25-14-16(2)23;5-2(4(8)9)1-3(6)7/h5-12,15-16,22-23H,13-14H2,1-4H3;2,5H,1H2,(H,6,7)(H,8,9). The van der Waals surface area contributed by atoms with Crippen molar-refractivity contribution in [1.82, 2.24) is 0 Å². The molecule has 5 N–H and O–H groups in total. The fourth-order valence-electron chi connectivity index (χ4n) is 2.79. The third kappa shape index (κ3) is 10.5. The fraction of sp³-hybridized carbons (Fsp3) is 0.440. The Hall–Kier alpha value is -2.72. The summed E-state index contributed by atoms with van der Waals surface area (Å²) in [6.45, 7) is 8.32. The van der Waals surface area contributed by atoms with Crippen molar-refractivity contribution in [3.05, 3.63) is 59.7 Å². The van der Waals surface area contributed by atoms with Crippen LogP contribution in [0, 0.1) is 0 Å². The largest absolute Gasteiger partial charge is 0.500 e. The van der Waals surface area contributed by atoms with E-state index in [9.17, 15) is 15.0 Å². The lowest BCUT2D eigenvalue weighted by Crippen LogP contribution is -2.21. The van der Waals surface area contributed by atoms with Crippen LogP contribution in [0.1, 0.15) is 45.2 Å². The van der Waals surface area contributed by atoms with Crippen LogP contribution in [-0.4, -0.2) is 68.1 Å². The van der Waals surface area contributed by atoms with Crippen molar-refractivity contribution >= 4 is 23.2 Å². The molecule has 0 radical (unpaired) electrons. The molecule has 3 unspecified atom stereocenters. The van der Waals surface area contributed by atoms with Crippen molar-refractivity contribution in [1.29, 1.82) is 0 Å². The van der Waals surface area contributed by atoms with Crippen LogP contribution in [0.5, 0.6) is 11.5 Å². The number of rotatable bonds is 11. The van der Waals surface area contributed by atoms with Gasteiger partial charge in [-0.3, -0.25) is 4.79 Å². The molecule has 188 valence electrons. The average molecular weight is 495 g/mol. The molecule has 0 aliphatic heterocycles. The van der Waals surface area contributed by atoms with Crippen LogP contribution in [0.25, 0.3) is 0 Å². The minimum atomic E-state index is -1.42. The summed E-state index contributed by atoms with van der Waals surface area (Å²) in [4.78, 5) is 9.78. The molecule has 0 saturated carbocycles. The molecule has 8 nitrogen and oxygen atoms in total. The number of benzene rings is 2. The van der Waals surface area contributed by atoms with Crippen LogP contribution in [0.3, 0.4) is 0 Å². The minimum absolute atomic E-state index is 0.161. The molecular formula is C25H34O8S. The Balaban J connectivity index is 0.000000546. The van der Waals surface area contributed by atoms with Gasteiger partial charge >= 0.3 is 5.97 Å². The van der Waals surface area contributed by atoms with Gasteiger partial charge < -0.3 is 35.0 Å². The number of aliphatic carboxylic acids is 1. The summed E-state index contributed by atoms with van der Waals surface area (Å²) in [5.74, 6) is 0.309. The number of ether oxygens (including phenoxy) is 2. The monoisotopic (exact) mass is 494 g/mol. The number of carboxylic acids is 1. The maximum Gasteiger partial charge on any atom is 0.306 e. The molecule has 0 saturated heterocycles. The molecule has 2 rings (SSSR count). The number of carbonyl (C=O) groups is 1. The van der Waals surface area contributed by atoms with E-state index >= 15 is 0 Å². The number of aliphatic hydroxyl groups is 4. The summed E-state index contributed by atoms with van der Waals surface area (Å²) in [6, 6.07) is 15.9. The zero-order valence-electron chi connectivity index (χ0n) is 19.8. The predicted octanol–water partition coefficient (Wildman–Crippen LogP) is 3.24. The van der Waals surface area contributed by atoms with Crippen molar-refractivity contribution in [2.24, 2.45) is 0 Å². The molecule has 0 aromatic heterocycles. The lowest BCUT2D eigenvalue weighted by atomic mass is 9.78. The summed E-state index contributed by atoms with van der Waals surface area (Å²) < 4.78 is 11.0. The highest BCUT2D eigenvalue weighted by atomic mass is 32.1. The average Bonchev–Trinajstić information content (AvgIpc) is 2.76. The second kappa shape index (κ2) is 13.9. The Labute approximate surface area is 205 Å². The highest BCUT2D eigenvalue weighted by Crippen LogP contribution is 2.33. The van der Waals surface area contributed by atoms with E-state index in [1.807, 2.05) is 24.3 Å². The van der Waals surface area contributed by atoms with Crippen LogP contribution < -0.4 is 9.47 Å². The van der Waals surface area contributed by atoms with Crippen LogP contribution in [0.4, 0.5) is 0 Å². The first-order valence-electron chi connectivity index (χ1n) is 10.8. The van der Waals surface area contributed by atoms with E-state index in [0.717, 1.165) is 11.5 Å². The van der Waals surface area contributed by atoms with E-state index in [1.165, 1.54) is 11.1 Å². The lowest BCUT2D eigenvalue weighted by molar-refractivity contribution is -0.138. The van der Waals surface area contributed by atoms with E-state index < -0.39 is 35.8 Å². The van der Waals surface area contributed by atoms with Crippen molar-refractivity contribution < 1.29 is 39.8 Å². The highest BCUT2D eigenvalue weighted by molar-refractivity contribution is 7.80. The summed E-state index contributed by atoms with van der Waals surface area (Å²) in [7, 11) is 0. The molecular weight excluding hydrogens is 460 g/mol. The van der Waals surface area contributed by atoms with Gasteiger partial charge in [0.05, 0.1) is 18.6 Å². The van der Waals surface area contributed by atoms with Gasteiger partial charge in [0, 0.05) is 5.41 Å². The van der Waals surface area contributed by atoms with Gasteiger partial charge in [-0.15, -0.1) is 0 Å². The minimum Gasteiger partial charge on any atom is -0.500 e. The van der Waals surface area contributed by atoms with Gasteiger partial charge in [0.15, 0.2) is 5.05 Å². The normalized spacial score (nSPS) is 13.6. The lowest BCUT2D eigenvalue weighted by Gasteiger charge is -2.26. The topological polar surface area (TPSA) is 137 Å². The molecule has 0 aliphatic rings. The Kier molecular flexibility index (Phi) is 11.9. The summed E-state index contributed by atoms with van der Waals surface area (Å²) in [6.07, 6.45) is -2.93. The highest BCUT2D eigenvalue weighted by Gasteiger charge is 2.23. The maximum absolute atomic E-state index is 9.78. The van der Waals surface area contributed by atoms with Gasteiger partial charge in [-0.25, -0.2) is 0 Å². The number of hydrogen-bond donors (Lipinski definition) is 5. The molecule has 0 amide bonds. The molecule has 0 fully saturated rings. The first-order valence-corrected chi connectivity index (χ1v) is 11.2. The van der Waals surface area contributed by atoms with E-state index in [1.54, 1.807) is 13.8 Å². The van der Waals surface area contributed by atoms with Crippen LogP contribution in [0.15, 0.2) is 48.5 Å². The number of thiocarbonyl (C=S) groups is 1. The maximum atomic E-state index is 9.78. The number of aliphatic hydroxyl groups excluding tert-OH is 4. The molecule has 2 aromatic carbocycles. The number of hydrogen-bond acceptors (Lipinski definition) is 7. The third-order valence-corrected chi connectivity index (χ3v) is 5.06. The van der Waals surface area contributed by atoms with E-state index in [-0.39, 0.29) is 18.6 Å². The van der Waals surface area contributed by atoms with Gasteiger partial charge in [0.2, 0.25) is 0 Å². The first kappa shape index (κ1) is 29.3. The van der Waals surface area contributed by atoms with Gasteiger partial charge in [0.1, 0.15) is 30.8 Å². The smallest absolute Gasteiger partial charge is 0.306 e. The molecule has 0 bridgehead atoms. The van der Waals surface area contributed by atoms with Crippen LogP contribution in [-0.2, 0) is 10.2 Å². The molecule has 3 atom stereocenters. The molecule has 34 heavy (non-hydrogen) atoms. The molecule has 0 spiro atoms. The second-order valence-corrected chi connectivity index (χ2v) is 8.86. The zero-order valence-corrected chi connectivity index (χ0v) is 20.7. The SMILES string of the molecule is CC(O)COc1ccc(C(C)(C)c2ccc(OCC(C)O)cc2)cc1.O=C(O)CC(O)C(O)=S. The summed E-state index contributed by atoms with van der Waals surface area (Å²) in [5.41, 5.74) is 2.19. The van der Waals surface area contributed by atoms with Gasteiger partial charge in [-0.05, 0) is 61.5 Å². The Bertz CT molecular complexity index is 835. The van der Waals surface area contributed by atoms with Gasteiger partial charge in [0.25, 0.3) is 0 Å². The number of carboxylic acid groups (broad SMARTS) is 1. The third-order valence-electron chi connectivity index (χ3n) is 4.79. The molecule has 9 heteroatoms. The van der Waals surface area contributed by atoms with Crippen molar-refractivity contribution in [2.45, 2.75) is 57.8 Å². The Morgan fingerprint density at radius 1 is 0.824 bits per heavy atom. The van der Waals surface area contributed by atoms with E-state index in [2.05, 4.69) is 50.3 Å². The van der Waals surface area contributed by atoms with Crippen molar-refractivity contribution in [2.75, 3.05) is 13.2 Å². The zero-order chi connectivity index (χ0) is 25.9. The second-order valence-electron chi connectivity index (χ2n) is 8.45. The predicted molar refractivity (Wildman–Crippen MR) is 133 cm³/mol. The summed E-state index contributed by atoms with van der Waals surface area (Å²) in [5, 5.41) is 42.7. The van der Waals surface area contributed by atoms with Crippen molar-refractivity contribution in [3.8, 4) is 11.5 Å². The van der Waals surface area contributed by atoms with Crippen LogP contribution in [0.2, 0.25) is 0 Å². The Morgan fingerprint density at radius 3 is 1.41 bits per heavy atom. The molecule has 0 aliphatic carbocycles. The van der Waals surface area contributed by atoms with Crippen molar-refractivity contribution in [3.63, 3.8) is 0 Å². The van der Waals surface area contributed by atoms with E-state index in [0.29, 0.717) is 0 Å². The summed E-state index contributed by atoms with van der Waals surface area (Å²) >= 11 is 4.08.